The van der Waals surface area contributed by atoms with Crippen LogP contribution in [0.4, 0.5) is 23.1 Å². The second-order valence-corrected chi connectivity index (χ2v) is 7.39. The van der Waals surface area contributed by atoms with Crippen molar-refractivity contribution in [3.8, 4) is 18.4 Å². The van der Waals surface area contributed by atoms with Gasteiger partial charge in [-0.05, 0) is 73.0 Å². The van der Waals surface area contributed by atoms with Crippen molar-refractivity contribution in [3.63, 3.8) is 0 Å². The molecule has 2 N–H and O–H groups in total. The Morgan fingerprint density at radius 2 is 1.78 bits per heavy atom. The molecule has 0 saturated heterocycles. The Morgan fingerprint density at radius 1 is 1.06 bits per heavy atom. The quantitative estimate of drug-likeness (QED) is 0.350. The first-order valence-electron chi connectivity index (χ1n) is 9.95. The highest BCUT2D eigenvalue weighted by atomic mass is 15.2. The number of hydrogen-bond donors (Lipinski definition) is 2. The Kier molecular flexibility index (Phi) is 5.57. The Labute approximate surface area is 186 Å². The van der Waals surface area contributed by atoms with E-state index in [0.717, 1.165) is 33.6 Å². The summed E-state index contributed by atoms with van der Waals surface area (Å²) in [6.07, 6.45) is 10.4. The molecule has 2 aromatic heterocycles. The first-order chi connectivity index (χ1) is 15.5. The molecule has 4 aromatic rings. The summed E-state index contributed by atoms with van der Waals surface area (Å²) < 4.78 is 1.85. The number of benzene rings is 2. The number of aromatic nitrogens is 4. The zero-order chi connectivity index (χ0) is 22.7. The van der Waals surface area contributed by atoms with Gasteiger partial charge in [0.1, 0.15) is 0 Å². The van der Waals surface area contributed by atoms with Gasteiger partial charge in [0.2, 0.25) is 5.95 Å². The van der Waals surface area contributed by atoms with Crippen molar-refractivity contribution in [3.05, 3.63) is 71.1 Å². The van der Waals surface area contributed by atoms with Gasteiger partial charge in [-0.3, -0.25) is 0 Å². The minimum atomic E-state index is 0.445. The maximum Gasteiger partial charge on any atom is 0.231 e. The average molecular weight is 419 g/mol. The highest BCUT2D eigenvalue weighted by Gasteiger charge is 2.15. The lowest BCUT2D eigenvalue weighted by atomic mass is 10.0. The van der Waals surface area contributed by atoms with Crippen LogP contribution in [-0.2, 0) is 7.05 Å². The van der Waals surface area contributed by atoms with Crippen LogP contribution in [0.2, 0.25) is 0 Å². The minimum Gasteiger partial charge on any atom is -0.338 e. The zero-order valence-corrected chi connectivity index (χ0v) is 18.0. The summed E-state index contributed by atoms with van der Waals surface area (Å²) in [5, 5.41) is 15.5. The van der Waals surface area contributed by atoms with Gasteiger partial charge >= 0.3 is 0 Å². The maximum atomic E-state index is 8.79. The number of fused-ring (bicyclic) bond motifs is 1. The molecule has 0 amide bonds. The van der Waals surface area contributed by atoms with Gasteiger partial charge in [0.25, 0.3) is 0 Å². The normalized spacial score (nSPS) is 10.8. The molecule has 4 rings (SSSR count). The van der Waals surface area contributed by atoms with E-state index in [1.807, 2.05) is 67.9 Å². The third kappa shape index (κ3) is 4.14. The summed E-state index contributed by atoms with van der Waals surface area (Å²) in [5.74, 6) is 3.65. The Bertz CT molecular complexity index is 1390. The first-order valence-corrected chi connectivity index (χ1v) is 9.95. The van der Waals surface area contributed by atoms with Crippen LogP contribution < -0.4 is 10.6 Å². The molecule has 2 heterocycles. The van der Waals surface area contributed by atoms with Crippen LogP contribution in [0.25, 0.3) is 17.2 Å². The fourth-order valence-corrected chi connectivity index (χ4v) is 3.47. The van der Waals surface area contributed by atoms with Crippen molar-refractivity contribution in [1.82, 2.24) is 19.5 Å². The van der Waals surface area contributed by atoms with Gasteiger partial charge in [-0.25, -0.2) is 4.98 Å². The second-order valence-electron chi connectivity index (χ2n) is 7.39. The van der Waals surface area contributed by atoms with E-state index >= 15 is 0 Å². The topological polar surface area (TPSA) is 91.5 Å². The molecular formula is C25H21N7. The number of allylic oxidation sites excluding steroid dienone is 1. The molecule has 0 saturated carbocycles. The van der Waals surface area contributed by atoms with E-state index in [9.17, 15) is 0 Å². The lowest BCUT2D eigenvalue weighted by molar-refractivity contribution is 0.929. The van der Waals surface area contributed by atoms with E-state index in [0.29, 0.717) is 22.9 Å². The van der Waals surface area contributed by atoms with Crippen LogP contribution in [0.15, 0.2) is 48.8 Å². The monoisotopic (exact) mass is 419 g/mol. The smallest absolute Gasteiger partial charge is 0.231 e. The summed E-state index contributed by atoms with van der Waals surface area (Å²) in [6, 6.07) is 13.6. The standard InChI is InChI=1S/C25H21N7/c1-5-18-8-10-20(11-9-18)28-25-30-23(22-24(31-25)32(4)15-27-22)29-21-16(2)13-19(7-6-12-26)14-17(21)3/h1,6-11,13-15H,2-4H3,(H2,28,29,30,31)/b7-6+. The molecule has 0 atom stereocenters. The lowest BCUT2D eigenvalue weighted by Crippen LogP contribution is -2.05. The van der Waals surface area contributed by atoms with Crippen molar-refractivity contribution in [1.29, 1.82) is 5.26 Å². The maximum absolute atomic E-state index is 8.79. The molecule has 7 nitrogen and oxygen atoms in total. The van der Waals surface area contributed by atoms with Gasteiger partial charge in [0, 0.05) is 30.1 Å². The second kappa shape index (κ2) is 8.63. The molecule has 0 aliphatic rings. The van der Waals surface area contributed by atoms with Crippen LogP contribution in [0.3, 0.4) is 0 Å². The summed E-state index contributed by atoms with van der Waals surface area (Å²) in [7, 11) is 1.89. The SMILES string of the molecule is C#Cc1ccc(Nc2nc(Nc3c(C)cc(/C=C/C#N)cc3C)c3ncn(C)c3n2)cc1. The van der Waals surface area contributed by atoms with Crippen LogP contribution in [0.5, 0.6) is 0 Å². The zero-order valence-electron chi connectivity index (χ0n) is 18.0. The minimum absolute atomic E-state index is 0.445. The summed E-state index contributed by atoms with van der Waals surface area (Å²) in [4.78, 5) is 13.8. The van der Waals surface area contributed by atoms with Crippen molar-refractivity contribution in [2.45, 2.75) is 13.8 Å². The third-order valence-electron chi connectivity index (χ3n) is 5.02. The number of anilines is 4. The predicted molar refractivity (Wildman–Crippen MR) is 128 cm³/mol. The summed E-state index contributed by atoms with van der Waals surface area (Å²) in [6.45, 7) is 4.03. The van der Waals surface area contributed by atoms with E-state index in [1.165, 1.54) is 6.08 Å². The van der Waals surface area contributed by atoms with E-state index in [1.54, 1.807) is 12.4 Å². The van der Waals surface area contributed by atoms with Crippen molar-refractivity contribution in [2.75, 3.05) is 10.6 Å². The number of hydrogen-bond acceptors (Lipinski definition) is 6. The molecule has 0 fully saturated rings. The Balaban J connectivity index is 1.73. The molecule has 32 heavy (non-hydrogen) atoms. The van der Waals surface area contributed by atoms with Gasteiger partial charge in [-0.2, -0.15) is 15.2 Å². The van der Waals surface area contributed by atoms with Gasteiger partial charge in [-0.15, -0.1) is 6.42 Å². The molecule has 156 valence electrons. The van der Waals surface area contributed by atoms with Gasteiger partial charge in [-0.1, -0.05) is 5.92 Å². The largest absolute Gasteiger partial charge is 0.338 e. The Hall–Kier alpha value is -4.62. The number of rotatable bonds is 5. The number of imidazole rings is 1. The fraction of sp³-hybridized carbons (Fsp3) is 0.120. The van der Waals surface area contributed by atoms with Gasteiger partial charge < -0.3 is 15.2 Å². The fourth-order valence-electron chi connectivity index (χ4n) is 3.47. The van der Waals surface area contributed by atoms with E-state index in [4.69, 9.17) is 16.7 Å². The number of nitrogens with one attached hydrogen (secondary N) is 2. The molecule has 0 aliphatic heterocycles. The van der Waals surface area contributed by atoms with Crippen LogP contribution in [-0.4, -0.2) is 19.5 Å². The molecule has 0 aliphatic carbocycles. The number of aryl methyl sites for hydroxylation is 3. The van der Waals surface area contributed by atoms with Crippen LogP contribution in [0, 0.1) is 37.5 Å². The molecule has 0 spiro atoms. The Morgan fingerprint density at radius 3 is 2.44 bits per heavy atom. The molecule has 7 heteroatoms. The van der Waals surface area contributed by atoms with Crippen LogP contribution >= 0.6 is 0 Å². The number of nitriles is 1. The van der Waals surface area contributed by atoms with Crippen molar-refractivity contribution >= 4 is 40.4 Å². The van der Waals surface area contributed by atoms with Crippen molar-refractivity contribution in [2.24, 2.45) is 7.05 Å². The van der Waals surface area contributed by atoms with E-state index in [-0.39, 0.29) is 0 Å². The molecular weight excluding hydrogens is 398 g/mol. The molecule has 0 bridgehead atoms. The van der Waals surface area contributed by atoms with Gasteiger partial charge in [0.05, 0.1) is 12.4 Å². The molecule has 0 unspecified atom stereocenters. The van der Waals surface area contributed by atoms with Gasteiger partial charge in [0.15, 0.2) is 17.0 Å². The third-order valence-corrected chi connectivity index (χ3v) is 5.02. The predicted octanol–water partition coefficient (Wildman–Crippen LogP) is 4.99. The lowest BCUT2D eigenvalue weighted by Gasteiger charge is -2.15. The number of nitrogens with zero attached hydrogens (tertiary/aromatic N) is 5. The highest BCUT2D eigenvalue weighted by Crippen LogP contribution is 2.30. The highest BCUT2D eigenvalue weighted by molar-refractivity contribution is 5.88. The summed E-state index contributed by atoms with van der Waals surface area (Å²) in [5.41, 5.74) is 6.98. The summed E-state index contributed by atoms with van der Waals surface area (Å²) >= 11 is 0. The van der Waals surface area contributed by atoms with Crippen LogP contribution in [0.1, 0.15) is 22.3 Å². The average Bonchev–Trinajstić information content (AvgIpc) is 3.16. The van der Waals surface area contributed by atoms with E-state index < -0.39 is 0 Å². The first kappa shape index (κ1) is 20.6. The molecule has 0 radical (unpaired) electrons. The molecule has 2 aromatic carbocycles. The number of terminal acetylenes is 1. The van der Waals surface area contributed by atoms with Crippen molar-refractivity contribution < 1.29 is 0 Å². The van der Waals surface area contributed by atoms with E-state index in [2.05, 4.69) is 26.5 Å².